The maximum absolute atomic E-state index is 13.1. The predicted octanol–water partition coefficient (Wildman–Crippen LogP) is 4.21. The van der Waals surface area contributed by atoms with E-state index in [0.717, 1.165) is 38.2 Å². The van der Waals surface area contributed by atoms with Crippen LogP contribution < -0.4 is 22.1 Å². The molecule has 0 spiro atoms. The summed E-state index contributed by atoms with van der Waals surface area (Å²) in [5.41, 5.74) is 12.9. The van der Waals surface area contributed by atoms with Gasteiger partial charge in [0.05, 0.1) is 11.3 Å². The predicted molar refractivity (Wildman–Crippen MR) is 159 cm³/mol. The van der Waals surface area contributed by atoms with E-state index in [-0.39, 0.29) is 34.3 Å². The third kappa shape index (κ3) is 7.32. The van der Waals surface area contributed by atoms with E-state index < -0.39 is 17.6 Å². The Morgan fingerprint density at radius 3 is 2.63 bits per heavy atom. The Hall–Kier alpha value is -4.17. The average Bonchev–Trinajstić information content (AvgIpc) is 3.15. The molecule has 0 bridgehead atoms. The Bertz CT molecular complexity index is 1470. The zero-order valence-electron chi connectivity index (χ0n) is 22.2. The van der Waals surface area contributed by atoms with Gasteiger partial charge in [-0.15, -0.1) is 0 Å². The van der Waals surface area contributed by atoms with Gasteiger partial charge in [0.15, 0.2) is 5.84 Å². The topological polar surface area (TPSA) is 137 Å². The van der Waals surface area contributed by atoms with E-state index in [4.69, 9.17) is 11.5 Å². The van der Waals surface area contributed by atoms with Gasteiger partial charge in [0.2, 0.25) is 5.96 Å². The van der Waals surface area contributed by atoms with Crippen molar-refractivity contribution >= 4 is 50.7 Å². The molecule has 1 fully saturated rings. The smallest absolute Gasteiger partial charge is 0.383 e. The first-order valence-corrected chi connectivity index (χ1v) is 13.4. The van der Waals surface area contributed by atoms with Gasteiger partial charge in [0, 0.05) is 41.6 Å². The van der Waals surface area contributed by atoms with Crippen LogP contribution in [0.2, 0.25) is 0 Å². The summed E-state index contributed by atoms with van der Waals surface area (Å²) in [5.74, 6) is 0.0129. The molecule has 2 aliphatic heterocycles. The van der Waals surface area contributed by atoms with Crippen LogP contribution in [0.5, 0.6) is 0 Å². The molecule has 0 atom stereocenters. The highest BCUT2D eigenvalue weighted by atomic mass is 79.9. The number of nitrogens with zero attached hydrogens (tertiary/aromatic N) is 5. The lowest BCUT2D eigenvalue weighted by Crippen LogP contribution is -2.40. The van der Waals surface area contributed by atoms with E-state index in [0.29, 0.717) is 22.7 Å². The minimum Gasteiger partial charge on any atom is -0.383 e. The summed E-state index contributed by atoms with van der Waals surface area (Å²) in [6, 6.07) is 9.02. The zero-order chi connectivity index (χ0) is 29.7. The van der Waals surface area contributed by atoms with Crippen LogP contribution in [-0.4, -0.2) is 66.4 Å². The number of hydrogen-bond acceptors (Lipinski definition) is 9. The first kappa shape index (κ1) is 29.8. The van der Waals surface area contributed by atoms with Gasteiger partial charge in [0.25, 0.3) is 5.91 Å². The molecule has 1 saturated heterocycles. The molecule has 2 aliphatic rings. The van der Waals surface area contributed by atoms with E-state index in [9.17, 15) is 18.0 Å². The summed E-state index contributed by atoms with van der Waals surface area (Å²) in [6.07, 6.45) is -2.30. The van der Waals surface area contributed by atoms with Crippen molar-refractivity contribution in [1.82, 2.24) is 9.80 Å². The van der Waals surface area contributed by atoms with E-state index >= 15 is 0 Å². The number of guanidine groups is 1. The SMILES string of the molecule is C=C/N=C1/C(N)=NC(N2CCCN(C)CC2)=N/C1=C(/N)Nc1cc(C(=O)Nc2cccc(C(F)(F)F)c2)ccc1Br. The van der Waals surface area contributed by atoms with Gasteiger partial charge in [-0.05, 0) is 72.3 Å². The highest BCUT2D eigenvalue weighted by molar-refractivity contribution is 9.10. The van der Waals surface area contributed by atoms with E-state index in [1.807, 2.05) is 4.90 Å². The van der Waals surface area contributed by atoms with Crippen molar-refractivity contribution < 1.29 is 18.0 Å². The zero-order valence-corrected chi connectivity index (χ0v) is 23.8. The minimum atomic E-state index is -4.53. The number of carbonyl (C=O) groups is 1. The standard InChI is InChI=1S/C27H29BrF3N9O/c1-3-34-21-22(37-26(38-23(21)32)40-11-5-10-39(2)12-13-40)24(33)36-20-14-16(8-9-19(20)28)25(41)35-18-7-4-6-17(15-18)27(29,30)31/h3-4,6-9,14-15,36H,1,5,10-13,33H2,2H3,(H,35,41)(H2,32,37,38)/b24-22-,34-21+. The molecule has 0 aliphatic carbocycles. The van der Waals surface area contributed by atoms with Gasteiger partial charge in [-0.1, -0.05) is 12.6 Å². The van der Waals surface area contributed by atoms with Gasteiger partial charge in [-0.3, -0.25) is 9.79 Å². The fraction of sp³-hybridized carbons (Fsp3) is 0.259. The number of rotatable bonds is 5. The largest absolute Gasteiger partial charge is 0.416 e. The molecule has 41 heavy (non-hydrogen) atoms. The summed E-state index contributed by atoms with van der Waals surface area (Å²) in [6.45, 7) is 6.86. The number of likely N-dealkylation sites (N-methyl/N-ethyl adjacent to an activating group) is 1. The molecule has 216 valence electrons. The summed E-state index contributed by atoms with van der Waals surface area (Å²) in [4.78, 5) is 30.5. The minimum absolute atomic E-state index is 0.00713. The number of anilines is 2. The highest BCUT2D eigenvalue weighted by Gasteiger charge is 2.30. The third-order valence-electron chi connectivity index (χ3n) is 6.32. The molecule has 1 amide bonds. The van der Waals surface area contributed by atoms with Gasteiger partial charge >= 0.3 is 6.18 Å². The maximum Gasteiger partial charge on any atom is 0.416 e. The monoisotopic (exact) mass is 631 g/mol. The molecule has 0 unspecified atom stereocenters. The van der Waals surface area contributed by atoms with Crippen molar-refractivity contribution in [2.75, 3.05) is 43.9 Å². The van der Waals surface area contributed by atoms with Crippen LogP contribution in [0.1, 0.15) is 22.3 Å². The number of benzene rings is 2. The fourth-order valence-electron chi connectivity index (χ4n) is 4.20. The van der Waals surface area contributed by atoms with E-state index in [1.54, 1.807) is 6.07 Å². The number of nitrogens with two attached hydrogens (primary N) is 2. The lowest BCUT2D eigenvalue weighted by atomic mass is 10.1. The molecule has 6 N–H and O–H groups in total. The molecule has 0 aromatic heterocycles. The quantitative estimate of drug-likeness (QED) is 0.390. The molecule has 4 rings (SSSR count). The number of amidine groups is 1. The molecule has 2 aromatic rings. The van der Waals surface area contributed by atoms with Crippen molar-refractivity contribution in [3.63, 3.8) is 0 Å². The van der Waals surface area contributed by atoms with Gasteiger partial charge in [-0.25, -0.2) is 4.99 Å². The second kappa shape index (κ2) is 12.6. The molecule has 14 heteroatoms. The average molecular weight is 632 g/mol. The van der Waals surface area contributed by atoms with Gasteiger partial charge in [0.1, 0.15) is 17.2 Å². The van der Waals surface area contributed by atoms with Crippen LogP contribution in [0.25, 0.3) is 0 Å². The number of carbonyl (C=O) groups excluding carboxylic acids is 1. The summed E-state index contributed by atoms with van der Waals surface area (Å²) >= 11 is 3.44. The van der Waals surface area contributed by atoms with Gasteiger partial charge < -0.3 is 31.9 Å². The molecular weight excluding hydrogens is 603 g/mol. The van der Waals surface area contributed by atoms with Crippen molar-refractivity contribution in [3.05, 3.63) is 82.4 Å². The number of hydrogen-bond donors (Lipinski definition) is 4. The van der Waals surface area contributed by atoms with Crippen LogP contribution in [0.15, 0.2) is 86.2 Å². The number of amides is 1. The second-order valence-electron chi connectivity index (χ2n) is 9.33. The summed E-state index contributed by atoms with van der Waals surface area (Å²) < 4.78 is 39.8. The Morgan fingerprint density at radius 2 is 1.90 bits per heavy atom. The van der Waals surface area contributed by atoms with E-state index in [2.05, 4.69) is 60.1 Å². The molecule has 10 nitrogen and oxygen atoms in total. The lowest BCUT2D eigenvalue weighted by molar-refractivity contribution is -0.137. The van der Waals surface area contributed by atoms with Crippen LogP contribution in [0, 0.1) is 0 Å². The number of halogens is 4. The lowest BCUT2D eigenvalue weighted by Gasteiger charge is -2.25. The highest BCUT2D eigenvalue weighted by Crippen LogP contribution is 2.31. The Morgan fingerprint density at radius 1 is 1.12 bits per heavy atom. The van der Waals surface area contributed by atoms with Crippen molar-refractivity contribution in [2.45, 2.75) is 12.6 Å². The number of nitrogens with one attached hydrogen (secondary N) is 2. The first-order valence-electron chi connectivity index (χ1n) is 12.6. The van der Waals surface area contributed by atoms with Crippen LogP contribution in [0.3, 0.4) is 0 Å². The molecule has 0 saturated carbocycles. The normalized spacial score (nSPS) is 18.8. The molecule has 2 aromatic carbocycles. The molecular formula is C27H29BrF3N9O. The Kier molecular flexibility index (Phi) is 9.13. The van der Waals surface area contributed by atoms with Crippen molar-refractivity contribution in [2.24, 2.45) is 26.4 Å². The molecule has 2 heterocycles. The Labute approximate surface area is 243 Å². The van der Waals surface area contributed by atoms with Gasteiger partial charge in [-0.2, -0.15) is 18.2 Å². The Balaban J connectivity index is 1.62. The van der Waals surface area contributed by atoms with Crippen molar-refractivity contribution in [1.29, 1.82) is 0 Å². The van der Waals surface area contributed by atoms with Crippen LogP contribution in [-0.2, 0) is 6.18 Å². The van der Waals surface area contributed by atoms with Crippen LogP contribution >= 0.6 is 15.9 Å². The van der Waals surface area contributed by atoms with Crippen LogP contribution in [0.4, 0.5) is 24.5 Å². The van der Waals surface area contributed by atoms with Crippen molar-refractivity contribution in [3.8, 4) is 0 Å². The number of alkyl halides is 3. The molecule has 0 radical (unpaired) electrons. The summed E-state index contributed by atoms with van der Waals surface area (Å²) in [7, 11) is 2.05. The summed E-state index contributed by atoms with van der Waals surface area (Å²) in [5, 5.41) is 5.54. The fourth-order valence-corrected chi connectivity index (χ4v) is 4.54. The first-order chi connectivity index (χ1) is 19.5. The van der Waals surface area contributed by atoms with E-state index in [1.165, 1.54) is 30.5 Å². The second-order valence-corrected chi connectivity index (χ2v) is 10.2. The third-order valence-corrected chi connectivity index (χ3v) is 7.01. The maximum atomic E-state index is 13.1. The number of aliphatic imine (C=N–C) groups is 3.